The van der Waals surface area contributed by atoms with Crippen LogP contribution in [-0.4, -0.2) is 64.8 Å². The lowest BCUT2D eigenvalue weighted by atomic mass is 10.00. The number of nitrogens with one attached hydrogen (secondary N) is 2. The van der Waals surface area contributed by atoms with Gasteiger partial charge >= 0.3 is 5.97 Å². The van der Waals surface area contributed by atoms with Crippen LogP contribution in [-0.2, 0) is 20.9 Å². The summed E-state index contributed by atoms with van der Waals surface area (Å²) in [6.07, 6.45) is 3.79. The molecule has 3 aromatic rings. The number of carbonyl (C=O) groups excluding carboxylic acids is 2. The summed E-state index contributed by atoms with van der Waals surface area (Å²) in [5, 5.41) is 6.10. The van der Waals surface area contributed by atoms with E-state index in [2.05, 4.69) is 10.6 Å². The van der Waals surface area contributed by atoms with Crippen molar-refractivity contribution in [1.82, 2.24) is 10.2 Å². The molecule has 0 spiro atoms. The average molecular weight is 592 g/mol. The quantitative estimate of drug-likeness (QED) is 0.241. The van der Waals surface area contributed by atoms with Crippen molar-refractivity contribution in [2.45, 2.75) is 26.3 Å². The van der Waals surface area contributed by atoms with E-state index in [1.807, 2.05) is 44.1 Å². The number of likely N-dealkylation sites (N-methyl/N-ethyl adjacent to an activating group) is 1. The van der Waals surface area contributed by atoms with Gasteiger partial charge in [0.15, 0.2) is 0 Å². The van der Waals surface area contributed by atoms with Gasteiger partial charge in [0.2, 0.25) is 5.91 Å². The number of fused-ring (bicyclic) bond motifs is 1. The first-order valence-corrected chi connectivity index (χ1v) is 14.0. The first kappa shape index (κ1) is 31.4. The number of halogens is 1. The van der Waals surface area contributed by atoms with Crippen LogP contribution in [0.5, 0.6) is 11.5 Å². The SMILES string of the molecule is COc1cc(C=C2C(C)=C(CC(=O)NCc3ccco3)c3cc(F)ccc32)cc(OC)c1NCCC(=O)OCCN(C)C. The van der Waals surface area contributed by atoms with E-state index in [-0.39, 0.29) is 37.1 Å². The summed E-state index contributed by atoms with van der Waals surface area (Å²) in [5.74, 6) is 0.854. The highest BCUT2D eigenvalue weighted by Crippen LogP contribution is 2.45. The van der Waals surface area contributed by atoms with Gasteiger partial charge in [-0.25, -0.2) is 4.39 Å². The van der Waals surface area contributed by atoms with Gasteiger partial charge in [-0.1, -0.05) is 6.07 Å². The number of anilines is 1. The second-order valence-corrected chi connectivity index (χ2v) is 10.4. The Morgan fingerprint density at radius 1 is 1.05 bits per heavy atom. The number of carbonyl (C=O) groups is 2. The fraction of sp³-hybridized carbons (Fsp3) is 0.333. The molecule has 0 atom stereocenters. The Morgan fingerprint density at radius 3 is 2.44 bits per heavy atom. The molecule has 1 aliphatic carbocycles. The third-order valence-electron chi connectivity index (χ3n) is 7.10. The highest BCUT2D eigenvalue weighted by Gasteiger charge is 2.26. The summed E-state index contributed by atoms with van der Waals surface area (Å²) in [4.78, 5) is 26.9. The second-order valence-electron chi connectivity index (χ2n) is 10.4. The Morgan fingerprint density at radius 2 is 1.79 bits per heavy atom. The molecule has 43 heavy (non-hydrogen) atoms. The van der Waals surface area contributed by atoms with Crippen LogP contribution in [0, 0.1) is 5.82 Å². The van der Waals surface area contributed by atoms with Crippen LogP contribution in [0.3, 0.4) is 0 Å². The summed E-state index contributed by atoms with van der Waals surface area (Å²) in [6.45, 7) is 3.53. The Labute approximate surface area is 251 Å². The Bertz CT molecular complexity index is 1490. The molecule has 0 unspecified atom stereocenters. The van der Waals surface area contributed by atoms with Gasteiger partial charge < -0.3 is 34.2 Å². The number of rotatable bonds is 14. The third kappa shape index (κ3) is 8.04. The van der Waals surface area contributed by atoms with Crippen LogP contribution in [0.2, 0.25) is 0 Å². The van der Waals surface area contributed by atoms with Gasteiger partial charge in [0.05, 0.1) is 39.9 Å². The first-order chi connectivity index (χ1) is 20.7. The Hall–Kier alpha value is -4.57. The minimum absolute atomic E-state index is 0.0907. The molecular weight excluding hydrogens is 553 g/mol. The minimum Gasteiger partial charge on any atom is -0.494 e. The molecule has 0 saturated heterocycles. The lowest BCUT2D eigenvalue weighted by Crippen LogP contribution is -2.22. The van der Waals surface area contributed by atoms with E-state index < -0.39 is 0 Å². The van der Waals surface area contributed by atoms with Gasteiger partial charge in [0.1, 0.15) is 35.4 Å². The molecule has 0 fully saturated rings. The van der Waals surface area contributed by atoms with Crippen LogP contribution in [0.1, 0.15) is 42.2 Å². The monoisotopic (exact) mass is 591 g/mol. The van der Waals surface area contributed by atoms with E-state index in [1.54, 1.807) is 38.7 Å². The highest BCUT2D eigenvalue weighted by molar-refractivity contribution is 6.08. The van der Waals surface area contributed by atoms with Crippen molar-refractivity contribution in [2.24, 2.45) is 0 Å². The number of furan rings is 1. The lowest BCUT2D eigenvalue weighted by molar-refractivity contribution is -0.143. The summed E-state index contributed by atoms with van der Waals surface area (Å²) >= 11 is 0. The fourth-order valence-electron chi connectivity index (χ4n) is 4.86. The molecule has 0 bridgehead atoms. The van der Waals surface area contributed by atoms with Crippen molar-refractivity contribution in [1.29, 1.82) is 0 Å². The molecule has 2 N–H and O–H groups in total. The molecular formula is C33H38FN3O6. The number of benzene rings is 2. The zero-order valence-corrected chi connectivity index (χ0v) is 25.2. The van der Waals surface area contributed by atoms with Crippen LogP contribution in [0.4, 0.5) is 10.1 Å². The van der Waals surface area contributed by atoms with Gasteiger partial charge in [0.25, 0.3) is 0 Å². The van der Waals surface area contributed by atoms with E-state index in [9.17, 15) is 14.0 Å². The van der Waals surface area contributed by atoms with Gasteiger partial charge in [-0.2, -0.15) is 0 Å². The number of allylic oxidation sites excluding steroid dienone is 2. The van der Waals surface area contributed by atoms with Crippen molar-refractivity contribution in [3.05, 3.63) is 82.6 Å². The van der Waals surface area contributed by atoms with E-state index in [0.29, 0.717) is 48.2 Å². The summed E-state index contributed by atoms with van der Waals surface area (Å²) < 4.78 is 36.2. The normalized spacial score (nSPS) is 13.3. The molecule has 9 nitrogen and oxygen atoms in total. The van der Waals surface area contributed by atoms with Crippen molar-refractivity contribution >= 4 is 34.8 Å². The zero-order chi connectivity index (χ0) is 30.9. The molecule has 10 heteroatoms. The smallest absolute Gasteiger partial charge is 0.307 e. The maximum absolute atomic E-state index is 14.3. The average Bonchev–Trinajstić information content (AvgIpc) is 3.59. The molecule has 228 valence electrons. The maximum Gasteiger partial charge on any atom is 0.307 e. The van der Waals surface area contributed by atoms with E-state index in [0.717, 1.165) is 27.8 Å². The maximum atomic E-state index is 14.3. The van der Waals surface area contributed by atoms with Gasteiger partial charge in [-0.3, -0.25) is 9.59 Å². The molecule has 1 aliphatic rings. The number of hydrogen-bond acceptors (Lipinski definition) is 8. The molecule has 0 radical (unpaired) electrons. The van der Waals surface area contributed by atoms with Crippen molar-refractivity contribution in [3.8, 4) is 11.5 Å². The third-order valence-corrected chi connectivity index (χ3v) is 7.10. The first-order valence-electron chi connectivity index (χ1n) is 14.0. The van der Waals surface area contributed by atoms with Crippen LogP contribution in [0.15, 0.2) is 58.7 Å². The van der Waals surface area contributed by atoms with Gasteiger partial charge in [0, 0.05) is 13.1 Å². The Balaban J connectivity index is 1.55. The molecule has 2 aromatic carbocycles. The van der Waals surface area contributed by atoms with Crippen LogP contribution >= 0.6 is 0 Å². The van der Waals surface area contributed by atoms with Gasteiger partial charge in [-0.15, -0.1) is 0 Å². The number of methoxy groups -OCH3 is 2. The number of hydrogen-bond donors (Lipinski definition) is 2. The van der Waals surface area contributed by atoms with Crippen molar-refractivity contribution in [3.63, 3.8) is 0 Å². The molecule has 0 aliphatic heterocycles. The fourth-order valence-corrected chi connectivity index (χ4v) is 4.86. The minimum atomic E-state index is -0.373. The van der Waals surface area contributed by atoms with Crippen molar-refractivity contribution in [2.75, 3.05) is 53.3 Å². The lowest BCUT2D eigenvalue weighted by Gasteiger charge is -2.16. The predicted molar refractivity (Wildman–Crippen MR) is 164 cm³/mol. The molecule has 1 aromatic heterocycles. The van der Waals surface area contributed by atoms with Crippen molar-refractivity contribution < 1.29 is 32.6 Å². The van der Waals surface area contributed by atoms with E-state index >= 15 is 0 Å². The molecule has 0 saturated carbocycles. The van der Waals surface area contributed by atoms with Gasteiger partial charge in [-0.05, 0) is 96.9 Å². The van der Waals surface area contributed by atoms with Crippen LogP contribution in [0.25, 0.3) is 17.2 Å². The summed E-state index contributed by atoms with van der Waals surface area (Å²) in [5.41, 5.74) is 5.43. The van der Waals surface area contributed by atoms with E-state index in [4.69, 9.17) is 18.6 Å². The number of nitrogens with zero attached hydrogens (tertiary/aromatic N) is 1. The number of ether oxygens (including phenoxy) is 3. The molecule has 1 heterocycles. The summed E-state index contributed by atoms with van der Waals surface area (Å²) in [7, 11) is 6.95. The molecule has 4 rings (SSSR count). The standard InChI is InChI=1S/C33H38FN3O6/c1-21-26(25-9-8-23(34)18-28(25)27(21)19-31(38)36-20-24-7-6-13-42-24)15-22-16-29(40-4)33(30(17-22)41-5)35-11-10-32(39)43-14-12-37(2)3/h6-9,13,15-18,35H,10-12,14,19-20H2,1-5H3,(H,36,38). The highest BCUT2D eigenvalue weighted by atomic mass is 19.1. The number of amides is 1. The zero-order valence-electron chi connectivity index (χ0n) is 25.2. The Kier molecular flexibility index (Phi) is 10.6. The largest absolute Gasteiger partial charge is 0.494 e. The second kappa shape index (κ2) is 14.6. The van der Waals surface area contributed by atoms with Crippen LogP contribution < -0.4 is 20.1 Å². The summed E-state index contributed by atoms with van der Waals surface area (Å²) in [6, 6.07) is 11.9. The molecule has 1 amide bonds. The van der Waals surface area contributed by atoms with E-state index in [1.165, 1.54) is 12.1 Å². The predicted octanol–water partition coefficient (Wildman–Crippen LogP) is 5.38. The topological polar surface area (TPSA) is 102 Å². The number of esters is 1.